The van der Waals surface area contributed by atoms with E-state index in [1.54, 1.807) is 17.8 Å². The van der Waals surface area contributed by atoms with E-state index in [9.17, 15) is 12.8 Å². The molecule has 1 aliphatic heterocycles. The van der Waals surface area contributed by atoms with Crippen molar-refractivity contribution in [2.75, 3.05) is 13.1 Å². The van der Waals surface area contributed by atoms with Gasteiger partial charge in [0, 0.05) is 38.3 Å². The highest BCUT2D eigenvalue weighted by atomic mass is 32.2. The Morgan fingerprint density at radius 2 is 2.09 bits per heavy atom. The van der Waals surface area contributed by atoms with E-state index in [2.05, 4.69) is 4.98 Å². The lowest BCUT2D eigenvalue weighted by atomic mass is 10.0. The molecule has 0 bridgehead atoms. The number of benzene rings is 1. The Bertz CT molecular complexity index is 834. The van der Waals surface area contributed by atoms with E-state index < -0.39 is 15.8 Å². The number of nitrogens with zero attached hydrogens (tertiary/aromatic N) is 3. The molecule has 0 unspecified atom stereocenters. The highest BCUT2D eigenvalue weighted by Gasteiger charge is 2.39. The van der Waals surface area contributed by atoms with Crippen LogP contribution in [-0.2, 0) is 17.1 Å². The van der Waals surface area contributed by atoms with Crippen LogP contribution in [-0.4, -0.2) is 41.4 Å². The van der Waals surface area contributed by atoms with Crippen LogP contribution in [0.1, 0.15) is 17.2 Å². The molecule has 23 heavy (non-hydrogen) atoms. The first kappa shape index (κ1) is 16.1. The van der Waals surface area contributed by atoms with Crippen LogP contribution in [0.15, 0.2) is 35.6 Å². The standard InChI is InChI=1S/C15H19FN4O2S/c1-10-3-4-11(16)5-15(10)23(21,22)20-6-12(13(17)7-20)14-8-19(2)9-18-14/h3-5,8-9,12-13H,6-7,17H2,1-2H3/t12-,13-/m1/s1. The summed E-state index contributed by atoms with van der Waals surface area (Å²) in [6.07, 6.45) is 3.50. The first-order valence-electron chi connectivity index (χ1n) is 7.29. The summed E-state index contributed by atoms with van der Waals surface area (Å²) < 4.78 is 42.2. The van der Waals surface area contributed by atoms with Gasteiger partial charge in [0.2, 0.25) is 10.0 Å². The van der Waals surface area contributed by atoms with Gasteiger partial charge in [-0.1, -0.05) is 6.07 Å². The number of hydrogen-bond donors (Lipinski definition) is 1. The van der Waals surface area contributed by atoms with Crippen molar-refractivity contribution in [3.8, 4) is 0 Å². The third-order valence-electron chi connectivity index (χ3n) is 4.20. The largest absolute Gasteiger partial charge is 0.340 e. The van der Waals surface area contributed by atoms with Gasteiger partial charge in [0.1, 0.15) is 5.82 Å². The van der Waals surface area contributed by atoms with Crippen molar-refractivity contribution in [2.24, 2.45) is 12.8 Å². The maximum absolute atomic E-state index is 13.5. The van der Waals surface area contributed by atoms with Crippen LogP contribution in [0.2, 0.25) is 0 Å². The van der Waals surface area contributed by atoms with Crippen LogP contribution < -0.4 is 5.73 Å². The second-order valence-electron chi connectivity index (χ2n) is 5.97. The third-order valence-corrected chi connectivity index (χ3v) is 6.18. The number of rotatable bonds is 3. The van der Waals surface area contributed by atoms with E-state index >= 15 is 0 Å². The van der Waals surface area contributed by atoms with Crippen LogP contribution in [0.4, 0.5) is 4.39 Å². The fraction of sp³-hybridized carbons (Fsp3) is 0.400. The molecule has 0 saturated carbocycles. The van der Waals surface area contributed by atoms with Crippen LogP contribution in [0, 0.1) is 12.7 Å². The molecule has 2 aromatic rings. The number of aryl methyl sites for hydroxylation is 2. The van der Waals surface area contributed by atoms with Crippen molar-refractivity contribution in [2.45, 2.75) is 23.8 Å². The molecule has 1 aromatic carbocycles. The second kappa shape index (κ2) is 5.70. The molecule has 124 valence electrons. The van der Waals surface area contributed by atoms with E-state index in [-0.39, 0.29) is 29.9 Å². The van der Waals surface area contributed by atoms with Crippen molar-refractivity contribution in [3.05, 3.63) is 47.8 Å². The minimum absolute atomic E-state index is 0.00799. The summed E-state index contributed by atoms with van der Waals surface area (Å²) in [6, 6.07) is 3.44. The molecule has 0 amide bonds. The lowest BCUT2D eigenvalue weighted by molar-refractivity contribution is 0.468. The third kappa shape index (κ3) is 2.89. The van der Waals surface area contributed by atoms with Gasteiger partial charge in [0.15, 0.2) is 0 Å². The van der Waals surface area contributed by atoms with Crippen LogP contribution >= 0.6 is 0 Å². The zero-order valence-corrected chi connectivity index (χ0v) is 13.8. The number of imidazole rings is 1. The van der Waals surface area contributed by atoms with Gasteiger partial charge in [0.05, 0.1) is 16.9 Å². The normalized spacial score (nSPS) is 22.6. The molecule has 8 heteroatoms. The Morgan fingerprint density at radius 1 is 1.35 bits per heavy atom. The molecule has 2 heterocycles. The quantitative estimate of drug-likeness (QED) is 0.905. The molecule has 1 fully saturated rings. The van der Waals surface area contributed by atoms with Crippen LogP contribution in [0.5, 0.6) is 0 Å². The predicted octanol–water partition coefficient (Wildman–Crippen LogP) is 0.983. The number of halogens is 1. The van der Waals surface area contributed by atoms with Gasteiger partial charge in [-0.2, -0.15) is 4.31 Å². The molecule has 3 rings (SSSR count). The number of aromatic nitrogens is 2. The maximum atomic E-state index is 13.5. The van der Waals surface area contributed by atoms with Crippen LogP contribution in [0.25, 0.3) is 0 Å². The number of sulfonamides is 1. The van der Waals surface area contributed by atoms with Crippen molar-refractivity contribution < 1.29 is 12.8 Å². The zero-order valence-electron chi connectivity index (χ0n) is 13.0. The molecule has 1 aromatic heterocycles. The SMILES string of the molecule is Cc1ccc(F)cc1S(=O)(=O)N1C[C@@H](N)[C@H](c2cn(C)cn2)C1. The van der Waals surface area contributed by atoms with Gasteiger partial charge in [0.25, 0.3) is 0 Å². The molecular weight excluding hydrogens is 319 g/mol. The van der Waals surface area contributed by atoms with Gasteiger partial charge in [-0.05, 0) is 24.6 Å². The molecular formula is C15H19FN4O2S. The molecule has 2 atom stereocenters. The molecule has 0 spiro atoms. The maximum Gasteiger partial charge on any atom is 0.243 e. The number of nitrogens with two attached hydrogens (primary N) is 1. The summed E-state index contributed by atoms with van der Waals surface area (Å²) in [5.74, 6) is -0.737. The van der Waals surface area contributed by atoms with E-state index in [0.29, 0.717) is 5.56 Å². The van der Waals surface area contributed by atoms with Gasteiger partial charge in [-0.15, -0.1) is 0 Å². The van der Waals surface area contributed by atoms with Gasteiger partial charge in [-0.3, -0.25) is 0 Å². The molecule has 0 radical (unpaired) electrons. The fourth-order valence-corrected chi connectivity index (χ4v) is 4.66. The van der Waals surface area contributed by atoms with Crippen LogP contribution in [0.3, 0.4) is 0 Å². The second-order valence-corrected chi connectivity index (χ2v) is 7.87. The van der Waals surface area contributed by atoms with Gasteiger partial charge >= 0.3 is 0 Å². The smallest absolute Gasteiger partial charge is 0.243 e. The Balaban J connectivity index is 1.91. The average molecular weight is 338 g/mol. The Morgan fingerprint density at radius 3 is 2.74 bits per heavy atom. The first-order valence-corrected chi connectivity index (χ1v) is 8.73. The summed E-state index contributed by atoms with van der Waals surface area (Å²) in [6.45, 7) is 2.09. The Hall–Kier alpha value is -1.77. The first-order chi connectivity index (χ1) is 10.8. The lowest BCUT2D eigenvalue weighted by Gasteiger charge is -2.17. The average Bonchev–Trinajstić information content (AvgIpc) is 3.07. The van der Waals surface area contributed by atoms with Crippen molar-refractivity contribution in [1.29, 1.82) is 0 Å². The highest BCUT2D eigenvalue weighted by molar-refractivity contribution is 7.89. The predicted molar refractivity (Wildman–Crippen MR) is 83.8 cm³/mol. The lowest BCUT2D eigenvalue weighted by Crippen LogP contribution is -2.32. The fourth-order valence-electron chi connectivity index (χ4n) is 2.92. The summed E-state index contributed by atoms with van der Waals surface area (Å²) in [7, 11) is -1.93. The van der Waals surface area contributed by atoms with Crippen molar-refractivity contribution >= 4 is 10.0 Å². The molecule has 0 aliphatic carbocycles. The monoisotopic (exact) mass is 338 g/mol. The van der Waals surface area contributed by atoms with Crippen molar-refractivity contribution in [1.82, 2.24) is 13.9 Å². The molecule has 6 nitrogen and oxygen atoms in total. The summed E-state index contributed by atoms with van der Waals surface area (Å²) in [5, 5.41) is 0. The van der Waals surface area contributed by atoms with Gasteiger partial charge < -0.3 is 10.3 Å². The Kier molecular flexibility index (Phi) is 3.99. The summed E-state index contributed by atoms with van der Waals surface area (Å²) in [4.78, 5) is 4.26. The Labute approximate surface area is 134 Å². The summed E-state index contributed by atoms with van der Waals surface area (Å²) in [5.41, 5.74) is 7.41. The zero-order chi connectivity index (χ0) is 16.8. The van der Waals surface area contributed by atoms with E-state index in [4.69, 9.17) is 5.73 Å². The molecule has 2 N–H and O–H groups in total. The topological polar surface area (TPSA) is 81.2 Å². The minimum atomic E-state index is -3.78. The van der Waals surface area contributed by atoms with E-state index in [1.165, 1.54) is 16.4 Å². The van der Waals surface area contributed by atoms with E-state index in [1.807, 2.05) is 13.2 Å². The molecule has 1 saturated heterocycles. The minimum Gasteiger partial charge on any atom is -0.340 e. The number of hydrogen-bond acceptors (Lipinski definition) is 4. The van der Waals surface area contributed by atoms with Gasteiger partial charge in [-0.25, -0.2) is 17.8 Å². The van der Waals surface area contributed by atoms with E-state index in [0.717, 1.165) is 11.8 Å². The highest BCUT2D eigenvalue weighted by Crippen LogP contribution is 2.30. The summed E-state index contributed by atoms with van der Waals surface area (Å²) >= 11 is 0. The van der Waals surface area contributed by atoms with Crippen molar-refractivity contribution in [3.63, 3.8) is 0 Å². The molecule has 1 aliphatic rings.